The molecule has 0 spiro atoms. The summed E-state index contributed by atoms with van der Waals surface area (Å²) in [6.07, 6.45) is -0.0741. The number of nitrogens with one attached hydrogen (secondary N) is 2. The minimum Gasteiger partial charge on any atom is -0.352 e. The van der Waals surface area contributed by atoms with Crippen molar-refractivity contribution in [1.29, 1.82) is 0 Å². The summed E-state index contributed by atoms with van der Waals surface area (Å²) >= 11 is 5.72. The maximum Gasteiger partial charge on any atom is 0.251 e. The first kappa shape index (κ1) is 16.9. The van der Waals surface area contributed by atoms with E-state index >= 15 is 0 Å². The average Bonchev–Trinajstić information content (AvgIpc) is 2.51. The molecule has 2 rings (SSSR count). The second kappa shape index (κ2) is 7.69. The average molecular weight is 339 g/mol. The van der Waals surface area contributed by atoms with Crippen molar-refractivity contribution < 1.29 is 18.4 Å². The topological polar surface area (TPSA) is 58.2 Å². The number of hydrogen-bond acceptors (Lipinski definition) is 2. The maximum absolute atomic E-state index is 13.4. The summed E-state index contributed by atoms with van der Waals surface area (Å²) in [5, 5.41) is 5.31. The highest BCUT2D eigenvalue weighted by atomic mass is 35.5. The molecule has 4 nitrogen and oxygen atoms in total. The van der Waals surface area contributed by atoms with Gasteiger partial charge < -0.3 is 10.6 Å². The predicted octanol–water partition coefficient (Wildman–Crippen LogP) is 3.38. The van der Waals surface area contributed by atoms with E-state index in [2.05, 4.69) is 10.6 Å². The first-order valence-corrected chi connectivity index (χ1v) is 7.12. The van der Waals surface area contributed by atoms with Crippen LogP contribution in [0.15, 0.2) is 42.5 Å². The van der Waals surface area contributed by atoms with Crippen LogP contribution in [-0.2, 0) is 4.79 Å². The van der Waals surface area contributed by atoms with Crippen LogP contribution in [0.5, 0.6) is 0 Å². The minimum absolute atomic E-state index is 0.0597. The fourth-order valence-corrected chi connectivity index (χ4v) is 1.92. The lowest BCUT2D eigenvalue weighted by Gasteiger charge is -2.08. The van der Waals surface area contributed by atoms with E-state index in [0.717, 1.165) is 18.2 Å². The fraction of sp³-hybridized carbons (Fsp3) is 0.125. The number of hydrogen-bond donors (Lipinski definition) is 2. The quantitative estimate of drug-likeness (QED) is 0.878. The molecule has 0 bridgehead atoms. The molecule has 0 unspecified atom stereocenters. The number of anilines is 1. The minimum atomic E-state index is -0.732. The van der Waals surface area contributed by atoms with Crippen LogP contribution in [0.3, 0.4) is 0 Å². The van der Waals surface area contributed by atoms with Crippen LogP contribution in [0.25, 0.3) is 0 Å². The summed E-state index contributed by atoms with van der Waals surface area (Å²) in [6, 6.07) is 9.04. The summed E-state index contributed by atoms with van der Waals surface area (Å²) in [5.41, 5.74) is 0.171. The first-order valence-electron chi connectivity index (χ1n) is 6.74. The molecular weight excluding hydrogens is 326 g/mol. The lowest BCUT2D eigenvalue weighted by atomic mass is 10.2. The van der Waals surface area contributed by atoms with Crippen molar-refractivity contribution in [2.45, 2.75) is 6.42 Å². The highest BCUT2D eigenvalue weighted by molar-refractivity contribution is 6.30. The van der Waals surface area contributed by atoms with E-state index in [1.807, 2.05) is 0 Å². The molecule has 2 N–H and O–H groups in total. The van der Waals surface area contributed by atoms with Gasteiger partial charge in [-0.1, -0.05) is 11.6 Å². The smallest absolute Gasteiger partial charge is 0.251 e. The number of carbonyl (C=O) groups excluding carboxylic acids is 2. The Morgan fingerprint density at radius 3 is 2.43 bits per heavy atom. The largest absolute Gasteiger partial charge is 0.352 e. The molecule has 0 heterocycles. The Hall–Kier alpha value is -2.47. The van der Waals surface area contributed by atoms with Gasteiger partial charge in [-0.05, 0) is 36.4 Å². The third kappa shape index (κ3) is 5.03. The van der Waals surface area contributed by atoms with Gasteiger partial charge in [0.1, 0.15) is 11.6 Å². The Bertz CT molecular complexity index is 721. The standard InChI is InChI=1S/C16H13ClF2N2O2/c17-11-3-1-10(2-4-11)16(23)20-8-7-15(22)21-14-9-12(18)5-6-13(14)19/h1-6,9H,7-8H2,(H,20,23)(H,21,22). The molecule has 2 amide bonds. The Kier molecular flexibility index (Phi) is 5.65. The van der Waals surface area contributed by atoms with Gasteiger partial charge in [0.25, 0.3) is 5.91 Å². The van der Waals surface area contributed by atoms with Crippen molar-refractivity contribution in [1.82, 2.24) is 5.32 Å². The van der Waals surface area contributed by atoms with Crippen LogP contribution >= 0.6 is 11.6 Å². The third-order valence-corrected chi connectivity index (χ3v) is 3.20. The molecule has 0 fully saturated rings. The van der Waals surface area contributed by atoms with Crippen LogP contribution < -0.4 is 10.6 Å². The predicted molar refractivity (Wildman–Crippen MR) is 83.4 cm³/mol. The fourth-order valence-electron chi connectivity index (χ4n) is 1.80. The Morgan fingerprint density at radius 2 is 1.74 bits per heavy atom. The van der Waals surface area contributed by atoms with Crippen molar-refractivity contribution in [2.75, 3.05) is 11.9 Å². The monoisotopic (exact) mass is 338 g/mol. The van der Waals surface area contributed by atoms with E-state index < -0.39 is 17.5 Å². The molecule has 0 aliphatic heterocycles. The van der Waals surface area contributed by atoms with E-state index in [1.165, 1.54) is 0 Å². The molecule has 0 atom stereocenters. The summed E-state index contributed by atoms with van der Waals surface area (Å²) in [5.74, 6) is -2.28. The number of halogens is 3. The van der Waals surface area contributed by atoms with Crippen LogP contribution in [0.2, 0.25) is 5.02 Å². The molecule has 2 aromatic rings. The van der Waals surface area contributed by atoms with Gasteiger partial charge in [-0.15, -0.1) is 0 Å². The molecule has 0 aliphatic carbocycles. The van der Waals surface area contributed by atoms with Crippen molar-refractivity contribution >= 4 is 29.1 Å². The van der Waals surface area contributed by atoms with Crippen LogP contribution in [0.4, 0.5) is 14.5 Å². The van der Waals surface area contributed by atoms with Crippen molar-refractivity contribution in [2.24, 2.45) is 0 Å². The normalized spacial score (nSPS) is 10.2. The first-order chi connectivity index (χ1) is 11.0. The van der Waals surface area contributed by atoms with Crippen molar-refractivity contribution in [3.63, 3.8) is 0 Å². The SMILES string of the molecule is O=C(CCNC(=O)c1ccc(Cl)cc1)Nc1cc(F)ccc1F. The van der Waals surface area contributed by atoms with E-state index in [0.29, 0.717) is 10.6 Å². The van der Waals surface area contributed by atoms with Gasteiger partial charge >= 0.3 is 0 Å². The van der Waals surface area contributed by atoms with Gasteiger partial charge in [-0.25, -0.2) is 8.78 Å². The van der Waals surface area contributed by atoms with Crippen LogP contribution in [0.1, 0.15) is 16.8 Å². The summed E-state index contributed by atoms with van der Waals surface area (Å²) in [4.78, 5) is 23.5. The zero-order valence-electron chi connectivity index (χ0n) is 11.9. The molecule has 120 valence electrons. The molecule has 0 radical (unpaired) electrons. The molecule has 2 aromatic carbocycles. The third-order valence-electron chi connectivity index (χ3n) is 2.95. The summed E-state index contributed by atoms with van der Waals surface area (Å²) in [7, 11) is 0. The lowest BCUT2D eigenvalue weighted by Crippen LogP contribution is -2.27. The maximum atomic E-state index is 13.4. The van der Waals surface area contributed by atoms with Crippen molar-refractivity contribution in [3.8, 4) is 0 Å². The van der Waals surface area contributed by atoms with Crippen LogP contribution in [-0.4, -0.2) is 18.4 Å². The molecule has 0 aliphatic rings. The molecule has 0 saturated carbocycles. The Morgan fingerprint density at radius 1 is 1.04 bits per heavy atom. The number of benzene rings is 2. The van der Waals surface area contributed by atoms with E-state index in [4.69, 9.17) is 11.6 Å². The number of rotatable bonds is 5. The Labute approximate surface area is 136 Å². The van der Waals surface area contributed by atoms with Gasteiger partial charge in [-0.3, -0.25) is 9.59 Å². The van der Waals surface area contributed by atoms with E-state index in [-0.39, 0.29) is 24.6 Å². The molecule has 0 aromatic heterocycles. The summed E-state index contributed by atoms with van der Waals surface area (Å²) < 4.78 is 26.4. The van der Waals surface area contributed by atoms with Gasteiger partial charge in [0, 0.05) is 29.6 Å². The second-order valence-corrected chi connectivity index (χ2v) is 5.12. The molecule has 0 saturated heterocycles. The van der Waals surface area contributed by atoms with Crippen molar-refractivity contribution in [3.05, 3.63) is 64.7 Å². The van der Waals surface area contributed by atoms with Gasteiger partial charge in [-0.2, -0.15) is 0 Å². The van der Waals surface area contributed by atoms with E-state index in [9.17, 15) is 18.4 Å². The number of carbonyl (C=O) groups is 2. The van der Waals surface area contributed by atoms with Gasteiger partial charge in [0.15, 0.2) is 0 Å². The Balaban J connectivity index is 1.81. The molecular formula is C16H13ClF2N2O2. The zero-order chi connectivity index (χ0) is 16.8. The summed E-state index contributed by atoms with van der Waals surface area (Å²) in [6.45, 7) is 0.0597. The molecule has 23 heavy (non-hydrogen) atoms. The number of amides is 2. The second-order valence-electron chi connectivity index (χ2n) is 4.69. The van der Waals surface area contributed by atoms with Gasteiger partial charge in [0.2, 0.25) is 5.91 Å². The zero-order valence-corrected chi connectivity index (χ0v) is 12.7. The lowest BCUT2D eigenvalue weighted by molar-refractivity contribution is -0.116. The van der Waals surface area contributed by atoms with Crippen LogP contribution in [0, 0.1) is 11.6 Å². The highest BCUT2D eigenvalue weighted by Crippen LogP contribution is 2.15. The molecule has 7 heteroatoms. The van der Waals surface area contributed by atoms with E-state index in [1.54, 1.807) is 24.3 Å². The van der Waals surface area contributed by atoms with Gasteiger partial charge in [0.05, 0.1) is 5.69 Å². The highest BCUT2D eigenvalue weighted by Gasteiger charge is 2.09.